The van der Waals surface area contributed by atoms with Crippen molar-refractivity contribution in [2.45, 2.75) is 52.2 Å². The number of carbonyl (C=O) groups is 2. The summed E-state index contributed by atoms with van der Waals surface area (Å²) < 4.78 is 6.24. The zero-order valence-electron chi connectivity index (χ0n) is 19.7. The molecule has 34 heavy (non-hydrogen) atoms. The number of halogens is 1. The van der Waals surface area contributed by atoms with E-state index in [-0.39, 0.29) is 11.9 Å². The summed E-state index contributed by atoms with van der Waals surface area (Å²) in [6.45, 7) is 8.81. The number of ether oxygens (including phenoxy) is 1. The van der Waals surface area contributed by atoms with Crippen LogP contribution in [0, 0.1) is 6.92 Å². The Hall–Kier alpha value is -3.14. The van der Waals surface area contributed by atoms with Crippen LogP contribution in [0.5, 0.6) is 0 Å². The van der Waals surface area contributed by atoms with Crippen LogP contribution in [0.3, 0.4) is 0 Å². The molecule has 1 saturated heterocycles. The molecule has 1 aliphatic rings. The Morgan fingerprint density at radius 1 is 1.29 bits per heavy atom. The van der Waals surface area contributed by atoms with Crippen LogP contribution >= 0.6 is 15.9 Å². The first-order valence-corrected chi connectivity index (χ1v) is 12.0. The quantitative estimate of drug-likeness (QED) is 0.449. The summed E-state index contributed by atoms with van der Waals surface area (Å²) in [4.78, 5) is 39.3. The number of aryl methyl sites for hydroxylation is 1. The van der Waals surface area contributed by atoms with Crippen molar-refractivity contribution < 1.29 is 14.3 Å². The molecule has 0 bridgehead atoms. The van der Waals surface area contributed by atoms with Gasteiger partial charge in [-0.3, -0.25) is 9.78 Å². The Morgan fingerprint density at radius 3 is 2.82 bits per heavy atom. The molecule has 3 N–H and O–H groups in total. The van der Waals surface area contributed by atoms with E-state index in [1.165, 1.54) is 0 Å². The predicted octanol–water partition coefficient (Wildman–Crippen LogP) is 4.77. The molecular weight excluding hydrogens is 500 g/mol. The van der Waals surface area contributed by atoms with Gasteiger partial charge in [-0.25, -0.2) is 9.78 Å². The first kappa shape index (κ1) is 24.0. The Kier molecular flexibility index (Phi) is 6.79. The van der Waals surface area contributed by atoms with Crippen LogP contribution in [0.4, 0.5) is 16.2 Å². The lowest BCUT2D eigenvalue weighted by Crippen LogP contribution is -2.49. The first-order chi connectivity index (χ1) is 16.1. The summed E-state index contributed by atoms with van der Waals surface area (Å²) in [6.07, 6.45) is 6.43. The van der Waals surface area contributed by atoms with Crippen LogP contribution in [0.2, 0.25) is 0 Å². The number of H-pyrrole nitrogens is 1. The highest BCUT2D eigenvalue weighted by Crippen LogP contribution is 2.39. The normalized spacial score (nSPS) is 16.4. The second-order valence-corrected chi connectivity index (χ2v) is 10.3. The summed E-state index contributed by atoms with van der Waals surface area (Å²) in [5.41, 5.74) is 2.81. The van der Waals surface area contributed by atoms with E-state index >= 15 is 0 Å². The van der Waals surface area contributed by atoms with Crippen molar-refractivity contribution in [2.24, 2.45) is 0 Å². The highest BCUT2D eigenvalue weighted by atomic mass is 79.9. The zero-order chi connectivity index (χ0) is 24.5. The van der Waals surface area contributed by atoms with E-state index in [4.69, 9.17) is 4.74 Å². The number of anilines is 2. The van der Waals surface area contributed by atoms with E-state index in [2.05, 4.69) is 46.4 Å². The van der Waals surface area contributed by atoms with Crippen molar-refractivity contribution in [2.75, 3.05) is 23.3 Å². The number of carbonyl (C=O) groups excluding carboxylic acids is 2. The molecule has 0 unspecified atom stereocenters. The van der Waals surface area contributed by atoms with Crippen molar-refractivity contribution >= 4 is 50.3 Å². The van der Waals surface area contributed by atoms with Gasteiger partial charge in [0.15, 0.2) is 0 Å². The van der Waals surface area contributed by atoms with E-state index in [1.54, 1.807) is 24.7 Å². The molecule has 0 aromatic carbocycles. The number of rotatable bonds is 4. The predicted molar refractivity (Wildman–Crippen MR) is 135 cm³/mol. The molecule has 10 heteroatoms. The number of aromatic amines is 1. The number of alkyl carbamates (subject to hydrolysis) is 1. The minimum absolute atomic E-state index is 0.0631. The van der Waals surface area contributed by atoms with Crippen molar-refractivity contribution in [3.8, 4) is 0 Å². The van der Waals surface area contributed by atoms with Crippen LogP contribution < -0.4 is 15.5 Å². The number of hydrogen-bond acceptors (Lipinski definition) is 6. The van der Waals surface area contributed by atoms with E-state index in [0.29, 0.717) is 23.6 Å². The van der Waals surface area contributed by atoms with Crippen molar-refractivity contribution in [3.63, 3.8) is 0 Å². The summed E-state index contributed by atoms with van der Waals surface area (Å²) in [6, 6.07) is 3.59. The standard InChI is InChI=1S/C24H29BrN6O3/c1-14-7-5-9-26-19(14)22(32)30-17-12-28-21-18(17)20(16(25)11-27-21)31-10-6-8-15(13-31)29-23(33)34-24(2,3)4/h5,7,9,11-12,15H,6,8,10,13H2,1-4H3,(H,27,28)(H,29,33)(H,30,32)/t15-/m1/s1. The van der Waals surface area contributed by atoms with Gasteiger partial charge in [0.25, 0.3) is 5.91 Å². The van der Waals surface area contributed by atoms with Crippen molar-refractivity contribution in [3.05, 3.63) is 46.5 Å². The molecule has 1 fully saturated rings. The number of hydrogen-bond donors (Lipinski definition) is 3. The van der Waals surface area contributed by atoms with E-state index in [9.17, 15) is 9.59 Å². The van der Waals surface area contributed by atoms with Crippen LogP contribution in [0.25, 0.3) is 11.0 Å². The number of amides is 2. The third-order valence-electron chi connectivity index (χ3n) is 5.56. The van der Waals surface area contributed by atoms with Crippen LogP contribution in [-0.2, 0) is 4.74 Å². The fourth-order valence-electron chi connectivity index (χ4n) is 4.14. The molecule has 4 heterocycles. The third kappa shape index (κ3) is 5.32. The van der Waals surface area contributed by atoms with Gasteiger partial charge >= 0.3 is 6.09 Å². The Bertz CT molecular complexity index is 1220. The molecular formula is C24H29BrN6O3. The summed E-state index contributed by atoms with van der Waals surface area (Å²) in [7, 11) is 0. The highest BCUT2D eigenvalue weighted by Gasteiger charge is 2.28. The monoisotopic (exact) mass is 528 g/mol. The summed E-state index contributed by atoms with van der Waals surface area (Å²) in [5, 5.41) is 6.78. The molecule has 0 radical (unpaired) electrons. The third-order valence-corrected chi connectivity index (χ3v) is 6.14. The zero-order valence-corrected chi connectivity index (χ0v) is 21.3. The molecule has 1 atom stereocenters. The number of pyridine rings is 2. The first-order valence-electron chi connectivity index (χ1n) is 11.3. The minimum atomic E-state index is -0.553. The van der Waals surface area contributed by atoms with Crippen LogP contribution in [-0.4, -0.2) is 51.7 Å². The van der Waals surface area contributed by atoms with Crippen LogP contribution in [0.1, 0.15) is 49.7 Å². The van der Waals surface area contributed by atoms with Gasteiger partial charge in [0.1, 0.15) is 16.9 Å². The molecule has 1 aliphatic heterocycles. The van der Waals surface area contributed by atoms with Gasteiger partial charge in [0, 0.05) is 37.7 Å². The molecule has 4 rings (SSSR count). The Balaban J connectivity index is 1.60. The molecule has 9 nitrogen and oxygen atoms in total. The highest BCUT2D eigenvalue weighted by molar-refractivity contribution is 9.10. The minimum Gasteiger partial charge on any atom is -0.444 e. The molecule has 2 amide bonds. The molecule has 3 aromatic heterocycles. The number of nitrogens with one attached hydrogen (secondary N) is 3. The molecule has 0 aliphatic carbocycles. The number of piperidine rings is 1. The van der Waals surface area contributed by atoms with E-state index < -0.39 is 11.7 Å². The largest absolute Gasteiger partial charge is 0.444 e. The average molecular weight is 529 g/mol. The maximum Gasteiger partial charge on any atom is 0.407 e. The van der Waals surface area contributed by atoms with Gasteiger partial charge in [-0.1, -0.05) is 6.07 Å². The fourth-order valence-corrected chi connectivity index (χ4v) is 4.69. The van der Waals surface area contributed by atoms with Crippen molar-refractivity contribution in [1.82, 2.24) is 20.3 Å². The molecule has 0 spiro atoms. The van der Waals surface area contributed by atoms with Gasteiger partial charge in [0.05, 0.1) is 21.2 Å². The maximum absolute atomic E-state index is 12.9. The lowest BCUT2D eigenvalue weighted by molar-refractivity contribution is 0.0500. The second-order valence-electron chi connectivity index (χ2n) is 9.44. The van der Waals surface area contributed by atoms with Gasteiger partial charge in [-0.15, -0.1) is 0 Å². The molecule has 0 saturated carbocycles. The number of aromatic nitrogens is 3. The van der Waals surface area contributed by atoms with Gasteiger partial charge < -0.3 is 25.3 Å². The smallest absolute Gasteiger partial charge is 0.407 e. The maximum atomic E-state index is 12.9. The van der Waals surface area contributed by atoms with Gasteiger partial charge in [0.2, 0.25) is 0 Å². The average Bonchev–Trinajstić information content (AvgIpc) is 3.15. The number of fused-ring (bicyclic) bond motifs is 1. The van der Waals surface area contributed by atoms with Crippen LogP contribution in [0.15, 0.2) is 35.2 Å². The summed E-state index contributed by atoms with van der Waals surface area (Å²) in [5.74, 6) is -0.284. The summed E-state index contributed by atoms with van der Waals surface area (Å²) >= 11 is 3.65. The number of nitrogens with zero attached hydrogens (tertiary/aromatic N) is 3. The lowest BCUT2D eigenvalue weighted by Gasteiger charge is -2.36. The molecule has 3 aromatic rings. The lowest BCUT2D eigenvalue weighted by atomic mass is 10.0. The Morgan fingerprint density at radius 2 is 2.09 bits per heavy atom. The van der Waals surface area contributed by atoms with Gasteiger partial charge in [-0.2, -0.15) is 0 Å². The van der Waals surface area contributed by atoms with E-state index in [0.717, 1.165) is 40.5 Å². The fraction of sp³-hybridized carbons (Fsp3) is 0.417. The van der Waals surface area contributed by atoms with E-state index in [1.807, 2.05) is 33.8 Å². The van der Waals surface area contributed by atoms with Gasteiger partial charge in [-0.05, 0) is 68.1 Å². The topological polar surface area (TPSA) is 112 Å². The molecule has 180 valence electrons. The second kappa shape index (κ2) is 9.61. The Labute approximate surface area is 206 Å². The van der Waals surface area contributed by atoms with Crippen molar-refractivity contribution in [1.29, 1.82) is 0 Å². The SMILES string of the molecule is Cc1cccnc1C(=O)Nc1c[nH]c2ncc(Br)c(N3CCC[C@@H](NC(=O)OC(C)(C)C)C3)c12.